The molecule has 0 heterocycles. The zero-order valence-corrected chi connectivity index (χ0v) is 10.5. The van der Waals surface area contributed by atoms with Crippen molar-refractivity contribution in [3.8, 4) is 0 Å². The summed E-state index contributed by atoms with van der Waals surface area (Å²) in [5.74, 6) is -37.3. The summed E-state index contributed by atoms with van der Waals surface area (Å²) in [5, 5.41) is 0. The number of halogens is 16. The van der Waals surface area contributed by atoms with E-state index in [1.807, 2.05) is 0 Å². The third-order valence-corrected chi connectivity index (χ3v) is 3.01. The maximum absolute atomic E-state index is 13.1. The summed E-state index contributed by atoms with van der Waals surface area (Å²) < 4.78 is 202. The minimum absolute atomic E-state index is 5.05. The average Bonchev–Trinajstić information content (AvgIpc) is 2.41. The highest BCUT2D eigenvalue weighted by Crippen LogP contribution is 2.68. The fraction of sp³-hybridized carbons (Fsp3) is 0.778. The van der Waals surface area contributed by atoms with Gasteiger partial charge >= 0.3 is 42.0 Å². The van der Waals surface area contributed by atoms with Crippen LogP contribution in [0.2, 0.25) is 0 Å². The maximum Gasteiger partial charge on any atom is 0.457 e. The predicted octanol–water partition coefficient (Wildman–Crippen LogP) is 5.60. The summed E-state index contributed by atoms with van der Waals surface area (Å²) in [4.78, 5) is 0. The molecule has 0 bridgehead atoms. The number of alkyl halides is 16. The van der Waals surface area contributed by atoms with Crippen molar-refractivity contribution in [3.63, 3.8) is 0 Å². The van der Waals surface area contributed by atoms with Crippen LogP contribution in [0.1, 0.15) is 0 Å². The number of allylic oxidation sites excluding steroid dienone is 2. The molecule has 0 N–H and O–H groups in total. The molecule has 25 heavy (non-hydrogen) atoms. The lowest BCUT2D eigenvalue weighted by Gasteiger charge is -2.28. The Morgan fingerprint density at radius 2 is 0.640 bits per heavy atom. The van der Waals surface area contributed by atoms with Crippen LogP contribution in [-0.2, 0) is 0 Å². The maximum atomic E-state index is 13.1. The first kappa shape index (κ1) is 21.7. The van der Waals surface area contributed by atoms with Gasteiger partial charge in [0.1, 0.15) is 0 Å². The van der Waals surface area contributed by atoms with E-state index in [4.69, 9.17) is 0 Å². The van der Waals surface area contributed by atoms with E-state index in [0.29, 0.717) is 0 Å². The van der Waals surface area contributed by atoms with Crippen molar-refractivity contribution >= 4 is 0 Å². The van der Waals surface area contributed by atoms with Crippen molar-refractivity contribution in [3.05, 3.63) is 11.1 Å². The molecular weight excluding hydrogens is 412 g/mol. The van der Waals surface area contributed by atoms with E-state index in [-0.39, 0.29) is 0 Å². The van der Waals surface area contributed by atoms with Gasteiger partial charge in [0.25, 0.3) is 0 Å². The van der Waals surface area contributed by atoms with Gasteiger partial charge in [0.2, 0.25) is 0 Å². The molecule has 148 valence electrons. The normalized spacial score (nSPS) is 24.0. The zero-order chi connectivity index (χ0) is 20.7. The first-order valence-corrected chi connectivity index (χ1v) is 5.27. The highest BCUT2D eigenvalue weighted by atomic mass is 19.4. The van der Waals surface area contributed by atoms with E-state index < -0.39 is 53.1 Å². The van der Waals surface area contributed by atoms with Crippen LogP contribution in [0.25, 0.3) is 0 Å². The molecule has 0 aliphatic heterocycles. The van der Waals surface area contributed by atoms with Gasteiger partial charge in [0.15, 0.2) is 0 Å². The van der Waals surface area contributed by atoms with Gasteiger partial charge in [-0.05, 0) is 0 Å². The van der Waals surface area contributed by atoms with Crippen molar-refractivity contribution in [1.29, 1.82) is 0 Å². The van der Waals surface area contributed by atoms with Crippen LogP contribution in [0.15, 0.2) is 11.1 Å². The van der Waals surface area contributed by atoms with Crippen LogP contribution in [-0.4, -0.2) is 42.0 Å². The molecule has 16 heteroatoms. The number of hydrogen-bond acceptors (Lipinski definition) is 0. The Labute approximate surface area is 125 Å². The Morgan fingerprint density at radius 3 is 0.800 bits per heavy atom. The number of rotatable bonds is 2. The zero-order valence-electron chi connectivity index (χ0n) is 10.5. The lowest BCUT2D eigenvalue weighted by Crippen LogP contribution is -2.53. The summed E-state index contributed by atoms with van der Waals surface area (Å²) in [6.07, 6.45) is -14.9. The quantitative estimate of drug-likeness (QED) is 0.410. The molecule has 0 aromatic rings. The lowest BCUT2D eigenvalue weighted by atomic mass is 9.96. The van der Waals surface area contributed by atoms with Gasteiger partial charge < -0.3 is 0 Å². The summed E-state index contributed by atoms with van der Waals surface area (Å²) in [5.41, 5.74) is -10.1. The van der Waals surface area contributed by atoms with Gasteiger partial charge in [-0.2, -0.15) is 70.2 Å². The Bertz CT molecular complexity index is 534. The van der Waals surface area contributed by atoms with Crippen LogP contribution >= 0.6 is 0 Å². The lowest BCUT2D eigenvalue weighted by molar-refractivity contribution is -0.303. The second-order valence-electron chi connectivity index (χ2n) is 4.62. The smallest absolute Gasteiger partial charge is 0.194 e. The molecule has 0 saturated carbocycles. The molecule has 0 nitrogen and oxygen atoms in total. The van der Waals surface area contributed by atoms with Crippen LogP contribution in [0.4, 0.5) is 70.2 Å². The highest BCUT2D eigenvalue weighted by molar-refractivity contribution is 5.49. The van der Waals surface area contributed by atoms with Crippen molar-refractivity contribution in [2.24, 2.45) is 0 Å². The molecule has 1 aliphatic carbocycles. The molecular formula is C9F16. The Hall–Kier alpha value is -1.38. The molecule has 0 radical (unpaired) electrons. The van der Waals surface area contributed by atoms with Gasteiger partial charge in [0, 0.05) is 0 Å². The van der Waals surface area contributed by atoms with E-state index in [9.17, 15) is 70.2 Å². The molecule has 0 amide bonds. The van der Waals surface area contributed by atoms with Gasteiger partial charge in [-0.25, -0.2) is 0 Å². The summed E-state index contributed by atoms with van der Waals surface area (Å²) in [6.45, 7) is 0. The first-order chi connectivity index (χ1) is 10.5. The monoisotopic (exact) mass is 412 g/mol. The molecule has 0 saturated heterocycles. The minimum Gasteiger partial charge on any atom is -0.194 e. The van der Waals surface area contributed by atoms with Crippen LogP contribution < -0.4 is 0 Å². The predicted molar refractivity (Wildman–Crippen MR) is 43.9 cm³/mol. The molecule has 0 aromatic carbocycles. The summed E-state index contributed by atoms with van der Waals surface area (Å²) in [7, 11) is 0. The van der Waals surface area contributed by atoms with E-state index >= 15 is 0 Å². The van der Waals surface area contributed by atoms with Crippen molar-refractivity contribution in [1.82, 2.24) is 0 Å². The number of hydrogen-bond donors (Lipinski definition) is 0. The summed E-state index contributed by atoms with van der Waals surface area (Å²) >= 11 is 0. The van der Waals surface area contributed by atoms with Gasteiger partial charge in [-0.1, -0.05) is 0 Å². The fourth-order valence-electron chi connectivity index (χ4n) is 1.82. The second kappa shape index (κ2) is 4.86. The molecule has 0 unspecified atom stereocenters. The molecule has 0 fully saturated rings. The molecule has 0 aromatic heterocycles. The van der Waals surface area contributed by atoms with Crippen molar-refractivity contribution < 1.29 is 70.2 Å². The molecule has 0 atom stereocenters. The SMILES string of the molecule is FC(F)(F)C(F)(F)C1=C(C(F)(F)C(F)(F)F)C(F)(F)C(F)(F)C1(F)F. The van der Waals surface area contributed by atoms with E-state index in [2.05, 4.69) is 0 Å². The van der Waals surface area contributed by atoms with Crippen molar-refractivity contribution in [2.75, 3.05) is 0 Å². The largest absolute Gasteiger partial charge is 0.457 e. The van der Waals surface area contributed by atoms with Crippen LogP contribution in [0.5, 0.6) is 0 Å². The third kappa shape index (κ3) is 2.45. The van der Waals surface area contributed by atoms with E-state index in [1.54, 1.807) is 0 Å². The minimum atomic E-state index is -7.55. The van der Waals surface area contributed by atoms with Gasteiger partial charge in [-0.3, -0.25) is 0 Å². The Kier molecular flexibility index (Phi) is 4.22. The molecule has 1 aliphatic rings. The molecule has 1 rings (SSSR count). The molecule has 0 spiro atoms. The summed E-state index contributed by atoms with van der Waals surface area (Å²) in [6, 6.07) is 0. The van der Waals surface area contributed by atoms with Crippen LogP contribution in [0, 0.1) is 0 Å². The average molecular weight is 412 g/mol. The fourth-order valence-corrected chi connectivity index (χ4v) is 1.82. The van der Waals surface area contributed by atoms with Gasteiger partial charge in [0.05, 0.1) is 11.1 Å². The Morgan fingerprint density at radius 1 is 0.440 bits per heavy atom. The third-order valence-electron chi connectivity index (χ3n) is 3.01. The van der Waals surface area contributed by atoms with Crippen LogP contribution in [0.3, 0.4) is 0 Å². The van der Waals surface area contributed by atoms with Gasteiger partial charge in [-0.15, -0.1) is 0 Å². The standard InChI is InChI=1S/C9F16/c10-3(11)1(5(14,15)8(20,21)22)2(4(12,13)7(3,18)19)6(16,17)9(23,24)25. The first-order valence-electron chi connectivity index (χ1n) is 5.27. The van der Waals surface area contributed by atoms with Crippen molar-refractivity contribution in [2.45, 2.75) is 42.0 Å². The Balaban J connectivity index is 4.11. The van der Waals surface area contributed by atoms with E-state index in [0.717, 1.165) is 0 Å². The van der Waals surface area contributed by atoms with E-state index in [1.165, 1.54) is 0 Å². The second-order valence-corrected chi connectivity index (χ2v) is 4.62. The topological polar surface area (TPSA) is 0 Å². The highest BCUT2D eigenvalue weighted by Gasteiger charge is 2.90.